The topological polar surface area (TPSA) is 237 Å². The number of unbranched alkanes of at least 4 members (excludes halogenated alkanes) is 41. The number of hydrogen-bond acceptors (Lipinski definition) is 15. The molecule has 0 aliphatic heterocycles. The number of aliphatic hydroxyl groups is 1. The second kappa shape index (κ2) is 62.5. The second-order valence-electron chi connectivity index (χ2n) is 25.4. The van der Waals surface area contributed by atoms with Crippen molar-refractivity contribution in [3.63, 3.8) is 0 Å². The van der Waals surface area contributed by atoms with Crippen LogP contribution in [-0.2, 0) is 65.4 Å². The molecule has 0 aliphatic rings. The number of esters is 4. The minimum atomic E-state index is -4.95. The van der Waals surface area contributed by atoms with Crippen LogP contribution in [0.2, 0.25) is 0 Å². The number of hydrogen-bond donors (Lipinski definition) is 3. The average molecular weight is 1300 g/mol. The van der Waals surface area contributed by atoms with Gasteiger partial charge in [0.25, 0.3) is 0 Å². The molecule has 5 atom stereocenters. The highest BCUT2D eigenvalue weighted by molar-refractivity contribution is 7.47. The average Bonchev–Trinajstić information content (AvgIpc) is 3.53. The summed E-state index contributed by atoms with van der Waals surface area (Å²) < 4.78 is 68.2. The Morgan fingerprint density at radius 1 is 0.307 bits per heavy atom. The van der Waals surface area contributed by atoms with E-state index in [2.05, 4.69) is 34.6 Å². The molecule has 2 unspecified atom stereocenters. The van der Waals surface area contributed by atoms with Crippen LogP contribution in [0.5, 0.6) is 0 Å². The summed E-state index contributed by atoms with van der Waals surface area (Å²) in [6.45, 7) is 7.22. The van der Waals surface area contributed by atoms with Crippen LogP contribution in [0, 0.1) is 5.92 Å². The predicted octanol–water partition coefficient (Wildman–Crippen LogP) is 19.7. The van der Waals surface area contributed by atoms with E-state index in [4.69, 9.17) is 37.0 Å². The van der Waals surface area contributed by atoms with Crippen LogP contribution in [0.4, 0.5) is 0 Å². The number of carbonyl (C=O) groups excluding carboxylic acids is 4. The summed E-state index contributed by atoms with van der Waals surface area (Å²) in [4.78, 5) is 72.4. The maximum atomic E-state index is 13.0. The van der Waals surface area contributed by atoms with E-state index in [0.717, 1.165) is 95.8 Å². The predicted molar refractivity (Wildman–Crippen MR) is 354 cm³/mol. The first-order valence-electron chi connectivity index (χ1n) is 36.1. The standard InChI is InChI=1S/C69H134O17P2/c1-6-9-12-15-18-21-24-25-26-27-28-35-40-45-50-55-69(74)86-65(59-80-67(72)53-48-43-38-34-30-29-31-36-41-46-51-62(4)5)61-84-88(77,78)82-57-63(70)56-81-87(75,76)83-60-64(85-68(73)54-49-44-39-33-23-20-17-14-11-8-3)58-79-66(71)52-47-42-37-32-22-19-16-13-10-7-2/h62-65,70H,6-61H2,1-5H3,(H,75,76)(H,77,78)/t63-,64+,65+/m0/s1. The van der Waals surface area contributed by atoms with Gasteiger partial charge in [0, 0.05) is 25.7 Å². The largest absolute Gasteiger partial charge is 0.472 e. The highest BCUT2D eigenvalue weighted by atomic mass is 31.2. The fourth-order valence-electron chi connectivity index (χ4n) is 10.5. The molecule has 0 aromatic heterocycles. The van der Waals surface area contributed by atoms with E-state index in [1.54, 1.807) is 0 Å². The maximum absolute atomic E-state index is 13.0. The molecule has 0 aromatic rings. The SMILES string of the molecule is CCCCCCCCCCCCCCCCCC(=O)O[C@H](COC(=O)CCCCCCCCCCCCC(C)C)COP(=O)(O)OC[C@@H](O)COP(=O)(O)OC[C@@H](COC(=O)CCCCCCCCCCCC)OC(=O)CCCCCCCCCCCC. The van der Waals surface area contributed by atoms with Crippen LogP contribution in [0.1, 0.15) is 356 Å². The van der Waals surface area contributed by atoms with E-state index in [-0.39, 0.29) is 25.7 Å². The van der Waals surface area contributed by atoms with E-state index < -0.39 is 97.5 Å². The Balaban J connectivity index is 5.23. The van der Waals surface area contributed by atoms with Gasteiger partial charge in [0.2, 0.25) is 0 Å². The summed E-state index contributed by atoms with van der Waals surface area (Å²) in [5, 5.41) is 10.6. The van der Waals surface area contributed by atoms with Gasteiger partial charge in [-0.1, -0.05) is 304 Å². The molecule has 0 heterocycles. The molecule has 0 aliphatic carbocycles. The monoisotopic (exact) mass is 1300 g/mol. The molecular weight excluding hydrogens is 1160 g/mol. The van der Waals surface area contributed by atoms with Crippen molar-refractivity contribution in [1.29, 1.82) is 0 Å². The summed E-state index contributed by atoms with van der Waals surface area (Å²) in [7, 11) is -9.89. The lowest BCUT2D eigenvalue weighted by Crippen LogP contribution is -2.30. The van der Waals surface area contributed by atoms with Crippen LogP contribution >= 0.6 is 15.6 Å². The van der Waals surface area contributed by atoms with Gasteiger partial charge in [-0.05, 0) is 31.6 Å². The van der Waals surface area contributed by atoms with Gasteiger partial charge in [-0.3, -0.25) is 37.3 Å². The Hall–Kier alpha value is -1.94. The zero-order chi connectivity index (χ0) is 64.9. The number of phosphoric ester groups is 2. The number of phosphoric acid groups is 2. The Bertz CT molecular complexity index is 1700. The van der Waals surface area contributed by atoms with Crippen molar-refractivity contribution in [3.05, 3.63) is 0 Å². The summed E-state index contributed by atoms with van der Waals surface area (Å²) in [5.74, 6) is -1.36. The lowest BCUT2D eigenvalue weighted by molar-refractivity contribution is -0.161. The molecule has 19 heteroatoms. The van der Waals surface area contributed by atoms with Crippen molar-refractivity contribution in [2.75, 3.05) is 39.6 Å². The van der Waals surface area contributed by atoms with Gasteiger partial charge in [-0.25, -0.2) is 9.13 Å². The Morgan fingerprint density at radius 3 is 0.773 bits per heavy atom. The first-order chi connectivity index (χ1) is 42.5. The smallest absolute Gasteiger partial charge is 0.462 e. The van der Waals surface area contributed by atoms with Crippen LogP contribution in [0.25, 0.3) is 0 Å². The van der Waals surface area contributed by atoms with Gasteiger partial charge < -0.3 is 33.8 Å². The molecule has 522 valence electrons. The van der Waals surface area contributed by atoms with Crippen molar-refractivity contribution in [2.45, 2.75) is 374 Å². The third-order valence-corrected chi connectivity index (χ3v) is 17.9. The van der Waals surface area contributed by atoms with Crippen LogP contribution in [0.3, 0.4) is 0 Å². The van der Waals surface area contributed by atoms with Gasteiger partial charge in [-0.2, -0.15) is 0 Å². The van der Waals surface area contributed by atoms with E-state index >= 15 is 0 Å². The molecule has 17 nitrogen and oxygen atoms in total. The van der Waals surface area contributed by atoms with Crippen LogP contribution < -0.4 is 0 Å². The molecule has 0 aromatic carbocycles. The van der Waals surface area contributed by atoms with E-state index in [1.807, 2.05) is 0 Å². The van der Waals surface area contributed by atoms with Crippen molar-refractivity contribution in [1.82, 2.24) is 0 Å². The lowest BCUT2D eigenvalue weighted by atomic mass is 10.0. The summed E-state index contributed by atoms with van der Waals surface area (Å²) >= 11 is 0. The summed E-state index contributed by atoms with van der Waals surface area (Å²) in [6.07, 6.45) is 48.4. The Kier molecular flexibility index (Phi) is 61.1. The zero-order valence-corrected chi connectivity index (χ0v) is 58.6. The van der Waals surface area contributed by atoms with Gasteiger partial charge >= 0.3 is 39.5 Å². The fraction of sp³-hybridized carbons (Fsp3) is 0.942. The number of aliphatic hydroxyl groups excluding tert-OH is 1. The van der Waals surface area contributed by atoms with Crippen molar-refractivity contribution >= 4 is 39.5 Å². The molecule has 0 saturated heterocycles. The third-order valence-electron chi connectivity index (χ3n) is 16.0. The first-order valence-corrected chi connectivity index (χ1v) is 39.1. The fourth-order valence-corrected chi connectivity index (χ4v) is 12.0. The summed E-state index contributed by atoms with van der Waals surface area (Å²) in [5.41, 5.74) is 0. The highest BCUT2D eigenvalue weighted by Gasteiger charge is 2.30. The minimum Gasteiger partial charge on any atom is -0.462 e. The number of carbonyl (C=O) groups is 4. The quantitative estimate of drug-likeness (QED) is 0.0222. The van der Waals surface area contributed by atoms with E-state index in [9.17, 15) is 43.2 Å². The van der Waals surface area contributed by atoms with Crippen LogP contribution in [-0.4, -0.2) is 96.7 Å². The number of ether oxygens (including phenoxy) is 4. The van der Waals surface area contributed by atoms with E-state index in [1.165, 1.54) is 180 Å². The van der Waals surface area contributed by atoms with Gasteiger partial charge in [-0.15, -0.1) is 0 Å². The molecule has 0 rings (SSSR count). The number of rotatable bonds is 69. The van der Waals surface area contributed by atoms with Crippen molar-refractivity contribution in [2.24, 2.45) is 5.92 Å². The minimum absolute atomic E-state index is 0.107. The van der Waals surface area contributed by atoms with Crippen molar-refractivity contribution in [3.8, 4) is 0 Å². The Morgan fingerprint density at radius 2 is 0.523 bits per heavy atom. The molecule has 0 fully saturated rings. The van der Waals surface area contributed by atoms with Crippen molar-refractivity contribution < 1.29 is 80.2 Å². The zero-order valence-electron chi connectivity index (χ0n) is 56.9. The maximum Gasteiger partial charge on any atom is 0.472 e. The Labute approximate surface area is 537 Å². The van der Waals surface area contributed by atoms with Gasteiger partial charge in [0.05, 0.1) is 26.4 Å². The molecule has 0 amide bonds. The normalized spacial score (nSPS) is 14.1. The van der Waals surface area contributed by atoms with Crippen LogP contribution in [0.15, 0.2) is 0 Å². The molecule has 88 heavy (non-hydrogen) atoms. The lowest BCUT2D eigenvalue weighted by Gasteiger charge is -2.21. The van der Waals surface area contributed by atoms with E-state index in [0.29, 0.717) is 25.7 Å². The summed E-state index contributed by atoms with van der Waals surface area (Å²) in [6, 6.07) is 0. The molecular formula is C69H134O17P2. The second-order valence-corrected chi connectivity index (χ2v) is 28.3. The molecule has 0 radical (unpaired) electrons. The molecule has 0 bridgehead atoms. The molecule has 0 spiro atoms. The van der Waals surface area contributed by atoms with Gasteiger partial charge in [0.1, 0.15) is 19.3 Å². The molecule has 3 N–H and O–H groups in total. The highest BCUT2D eigenvalue weighted by Crippen LogP contribution is 2.45. The third kappa shape index (κ3) is 62.8. The first kappa shape index (κ1) is 86.1. The molecule has 0 saturated carbocycles. The van der Waals surface area contributed by atoms with Gasteiger partial charge in [0.15, 0.2) is 12.2 Å².